The number of hydrogen-bond acceptors (Lipinski definition) is 5. The van der Waals surface area contributed by atoms with E-state index in [0.29, 0.717) is 12.3 Å². The van der Waals surface area contributed by atoms with E-state index in [-0.39, 0.29) is 37.2 Å². The first-order valence-corrected chi connectivity index (χ1v) is 8.61. The zero-order valence-electron chi connectivity index (χ0n) is 15.3. The van der Waals surface area contributed by atoms with Crippen molar-refractivity contribution in [2.24, 2.45) is 7.05 Å². The second-order valence-electron chi connectivity index (χ2n) is 6.52. The Labute approximate surface area is 174 Å². The number of piperazine rings is 2. The van der Waals surface area contributed by atoms with Crippen LogP contribution in [0.5, 0.6) is 0 Å². The van der Waals surface area contributed by atoms with Crippen molar-refractivity contribution < 1.29 is 4.79 Å². The minimum atomic E-state index is 0. The fourth-order valence-electron chi connectivity index (χ4n) is 3.31. The molecule has 2 aliphatic rings. The fraction of sp³-hybridized carbons (Fsp3) is 0.750. The Balaban J connectivity index is 0.00000208. The number of rotatable bonds is 5. The largest absolute Gasteiger partial charge is 0.340 e. The van der Waals surface area contributed by atoms with Gasteiger partial charge >= 0.3 is 0 Å². The molecule has 2 saturated heterocycles. The van der Waals surface area contributed by atoms with Crippen LogP contribution in [-0.2, 0) is 18.4 Å². The molecule has 7 nitrogen and oxygen atoms in total. The van der Waals surface area contributed by atoms with Gasteiger partial charge in [0.25, 0.3) is 0 Å². The van der Waals surface area contributed by atoms with E-state index in [1.54, 1.807) is 0 Å². The van der Waals surface area contributed by atoms with Gasteiger partial charge in [-0.1, -0.05) is 0 Å². The van der Waals surface area contributed by atoms with Gasteiger partial charge in [0.2, 0.25) is 5.91 Å². The van der Waals surface area contributed by atoms with Crippen LogP contribution in [0.2, 0.25) is 0 Å². The van der Waals surface area contributed by atoms with Crippen LogP contribution in [0.1, 0.15) is 12.0 Å². The molecule has 0 bridgehead atoms. The van der Waals surface area contributed by atoms with Crippen molar-refractivity contribution in [1.29, 1.82) is 0 Å². The van der Waals surface area contributed by atoms with Crippen LogP contribution in [0.15, 0.2) is 12.4 Å². The summed E-state index contributed by atoms with van der Waals surface area (Å²) >= 11 is 0. The normalized spacial score (nSPS) is 18.4. The van der Waals surface area contributed by atoms with Crippen LogP contribution in [0, 0.1) is 0 Å². The number of aryl methyl sites for hydroxylation is 1. The molecule has 1 amide bonds. The van der Waals surface area contributed by atoms with Gasteiger partial charge in [0.05, 0.1) is 6.20 Å². The Hall–Kier alpha value is -0.570. The predicted molar refractivity (Wildman–Crippen MR) is 111 cm³/mol. The molecule has 3 heterocycles. The third kappa shape index (κ3) is 7.58. The van der Waals surface area contributed by atoms with Crippen molar-refractivity contribution in [3.63, 3.8) is 0 Å². The van der Waals surface area contributed by atoms with Crippen molar-refractivity contribution in [2.45, 2.75) is 13.0 Å². The van der Waals surface area contributed by atoms with E-state index in [0.717, 1.165) is 65.4 Å². The van der Waals surface area contributed by atoms with Crippen LogP contribution in [0.4, 0.5) is 0 Å². The molecule has 2 fully saturated rings. The number of nitrogens with one attached hydrogen (secondary N) is 1. The van der Waals surface area contributed by atoms with Crippen molar-refractivity contribution in [3.05, 3.63) is 18.0 Å². The quantitative estimate of drug-likeness (QED) is 0.744. The minimum absolute atomic E-state index is 0. The van der Waals surface area contributed by atoms with Gasteiger partial charge in [-0.05, 0) is 0 Å². The van der Waals surface area contributed by atoms with Crippen LogP contribution in [-0.4, -0.2) is 89.3 Å². The predicted octanol–water partition coefficient (Wildman–Crippen LogP) is 0.625. The average molecular weight is 430 g/mol. The second-order valence-corrected chi connectivity index (χ2v) is 6.52. The molecule has 10 heteroatoms. The SMILES string of the molecule is Cl.Cl.Cl.Cn1cc(CN2CCN(CCC(=O)N3CCNCC3)CC2)cn1. The molecule has 3 rings (SSSR count). The molecule has 152 valence electrons. The smallest absolute Gasteiger partial charge is 0.223 e. The number of nitrogens with zero attached hydrogens (tertiary/aromatic N) is 5. The zero-order valence-corrected chi connectivity index (χ0v) is 17.8. The molecule has 0 saturated carbocycles. The van der Waals surface area contributed by atoms with Crippen molar-refractivity contribution in [3.8, 4) is 0 Å². The number of halogens is 3. The standard InChI is InChI=1S/C16H28N6O.3ClH/c1-19-13-15(12-18-19)14-21-10-8-20(9-11-21)5-2-16(23)22-6-3-17-4-7-22;;;/h12-13,17H,2-11,14H2,1H3;3*1H. The molecular formula is C16H31Cl3N6O. The van der Waals surface area contributed by atoms with E-state index >= 15 is 0 Å². The Kier molecular flexibility index (Phi) is 12.5. The molecule has 0 unspecified atom stereocenters. The summed E-state index contributed by atoms with van der Waals surface area (Å²) in [5, 5.41) is 7.51. The highest BCUT2D eigenvalue weighted by Gasteiger charge is 2.20. The summed E-state index contributed by atoms with van der Waals surface area (Å²) < 4.78 is 1.85. The van der Waals surface area contributed by atoms with Gasteiger partial charge in [-0.15, -0.1) is 37.2 Å². The third-order valence-electron chi connectivity index (χ3n) is 4.74. The van der Waals surface area contributed by atoms with E-state index in [1.165, 1.54) is 5.56 Å². The van der Waals surface area contributed by atoms with Gasteiger partial charge < -0.3 is 15.1 Å². The van der Waals surface area contributed by atoms with E-state index in [2.05, 4.69) is 26.4 Å². The van der Waals surface area contributed by atoms with E-state index in [4.69, 9.17) is 0 Å². The van der Waals surface area contributed by atoms with E-state index < -0.39 is 0 Å². The van der Waals surface area contributed by atoms with E-state index in [9.17, 15) is 4.79 Å². The van der Waals surface area contributed by atoms with Crippen LogP contribution >= 0.6 is 37.2 Å². The van der Waals surface area contributed by atoms with Gasteiger partial charge in [-0.25, -0.2) is 0 Å². The number of amides is 1. The molecule has 1 N–H and O–H groups in total. The molecule has 0 aliphatic carbocycles. The maximum absolute atomic E-state index is 12.2. The first-order chi connectivity index (χ1) is 11.2. The lowest BCUT2D eigenvalue weighted by Gasteiger charge is -2.35. The zero-order chi connectivity index (χ0) is 16.1. The Morgan fingerprint density at radius 3 is 2.23 bits per heavy atom. The molecule has 0 aromatic carbocycles. The lowest BCUT2D eigenvalue weighted by Crippen LogP contribution is -2.49. The lowest BCUT2D eigenvalue weighted by atomic mass is 10.2. The monoisotopic (exact) mass is 428 g/mol. The highest BCUT2D eigenvalue weighted by atomic mass is 35.5. The first kappa shape index (κ1) is 25.4. The van der Waals surface area contributed by atoms with Crippen molar-refractivity contribution >= 4 is 43.1 Å². The number of carbonyl (C=O) groups is 1. The number of hydrogen-bond donors (Lipinski definition) is 1. The summed E-state index contributed by atoms with van der Waals surface area (Å²) in [7, 11) is 1.96. The fourth-order valence-corrected chi connectivity index (χ4v) is 3.31. The highest BCUT2D eigenvalue weighted by Crippen LogP contribution is 2.08. The summed E-state index contributed by atoms with van der Waals surface area (Å²) in [4.78, 5) is 19.1. The maximum Gasteiger partial charge on any atom is 0.223 e. The topological polar surface area (TPSA) is 56.6 Å². The van der Waals surface area contributed by atoms with Crippen LogP contribution < -0.4 is 5.32 Å². The first-order valence-electron chi connectivity index (χ1n) is 8.61. The van der Waals surface area contributed by atoms with Crippen LogP contribution in [0.3, 0.4) is 0 Å². The molecule has 0 atom stereocenters. The Morgan fingerprint density at radius 1 is 1.04 bits per heavy atom. The summed E-state index contributed by atoms with van der Waals surface area (Å²) in [5.74, 6) is 0.310. The summed E-state index contributed by atoms with van der Waals surface area (Å²) in [6, 6.07) is 0. The van der Waals surface area contributed by atoms with E-state index in [1.807, 2.05) is 22.8 Å². The summed E-state index contributed by atoms with van der Waals surface area (Å²) in [6.45, 7) is 9.68. The molecule has 2 aliphatic heterocycles. The molecule has 0 spiro atoms. The minimum Gasteiger partial charge on any atom is -0.340 e. The average Bonchev–Trinajstić information content (AvgIpc) is 2.99. The molecule has 0 radical (unpaired) electrons. The van der Waals surface area contributed by atoms with Crippen molar-refractivity contribution in [1.82, 2.24) is 29.8 Å². The van der Waals surface area contributed by atoms with Gasteiger partial charge in [0, 0.05) is 90.7 Å². The molecule has 1 aromatic rings. The third-order valence-corrected chi connectivity index (χ3v) is 4.74. The lowest BCUT2D eigenvalue weighted by molar-refractivity contribution is -0.132. The maximum atomic E-state index is 12.2. The van der Waals surface area contributed by atoms with Gasteiger partial charge in [-0.3, -0.25) is 14.4 Å². The Bertz CT molecular complexity index is 516. The molecule has 1 aromatic heterocycles. The Morgan fingerprint density at radius 2 is 1.65 bits per heavy atom. The second kappa shape index (κ2) is 12.8. The number of carbonyl (C=O) groups excluding carboxylic acids is 1. The van der Waals surface area contributed by atoms with Gasteiger partial charge in [-0.2, -0.15) is 5.10 Å². The highest BCUT2D eigenvalue weighted by molar-refractivity contribution is 5.86. The van der Waals surface area contributed by atoms with Gasteiger partial charge in [0.1, 0.15) is 0 Å². The van der Waals surface area contributed by atoms with Crippen LogP contribution in [0.25, 0.3) is 0 Å². The van der Waals surface area contributed by atoms with Crippen molar-refractivity contribution in [2.75, 3.05) is 58.9 Å². The summed E-state index contributed by atoms with van der Waals surface area (Å²) in [5.41, 5.74) is 1.27. The summed E-state index contributed by atoms with van der Waals surface area (Å²) in [6.07, 6.45) is 4.68. The van der Waals surface area contributed by atoms with Gasteiger partial charge in [0.15, 0.2) is 0 Å². The molecule has 26 heavy (non-hydrogen) atoms. The number of aromatic nitrogens is 2. The molecular weight excluding hydrogens is 399 g/mol.